The second-order valence-electron chi connectivity index (χ2n) is 3.76. The van der Waals surface area contributed by atoms with Crippen LogP contribution in [0.1, 0.15) is 27.2 Å². The van der Waals surface area contributed by atoms with Crippen molar-refractivity contribution in [3.63, 3.8) is 0 Å². The molecule has 17 heavy (non-hydrogen) atoms. The molecule has 1 aromatic rings. The van der Waals surface area contributed by atoms with Gasteiger partial charge in [0.25, 0.3) is 0 Å². The number of nitrogens with one attached hydrogen (secondary N) is 1. The lowest BCUT2D eigenvalue weighted by molar-refractivity contribution is -0.128. The van der Waals surface area contributed by atoms with Gasteiger partial charge in [-0.2, -0.15) is 0 Å². The topological polar surface area (TPSA) is 63.1 Å². The number of amides is 1. The average Bonchev–Trinajstić information content (AvgIpc) is 2.76. The molecule has 0 radical (unpaired) electrons. The predicted molar refractivity (Wildman–Crippen MR) is 66.7 cm³/mol. The third-order valence-corrected chi connectivity index (χ3v) is 2.59. The van der Waals surface area contributed by atoms with Crippen molar-refractivity contribution in [2.45, 2.75) is 33.7 Å². The van der Waals surface area contributed by atoms with E-state index in [0.29, 0.717) is 6.54 Å². The maximum atomic E-state index is 11.8. The molecular weight excluding hydrogens is 218 g/mol. The van der Waals surface area contributed by atoms with Gasteiger partial charge in [0.05, 0.1) is 12.7 Å². The molecule has 1 amide bonds. The summed E-state index contributed by atoms with van der Waals surface area (Å²) in [5.41, 5.74) is 0. The molecule has 0 fully saturated rings. The summed E-state index contributed by atoms with van der Waals surface area (Å²) in [5.74, 6) is 0.895. The summed E-state index contributed by atoms with van der Waals surface area (Å²) in [6.45, 7) is 8.61. The van der Waals surface area contributed by atoms with E-state index in [4.69, 9.17) is 0 Å². The minimum absolute atomic E-state index is 0.0965. The highest BCUT2D eigenvalue weighted by molar-refractivity contribution is 5.80. The van der Waals surface area contributed by atoms with Crippen LogP contribution in [0, 0.1) is 0 Å². The van der Waals surface area contributed by atoms with E-state index in [1.807, 2.05) is 13.8 Å². The molecule has 1 rings (SSSR count). The van der Waals surface area contributed by atoms with Crippen LogP contribution < -0.4 is 5.32 Å². The summed E-state index contributed by atoms with van der Waals surface area (Å²) in [6.07, 6.45) is 2.63. The molecule has 0 atom stereocenters. The van der Waals surface area contributed by atoms with Crippen molar-refractivity contribution < 1.29 is 4.79 Å². The molecule has 0 aliphatic rings. The van der Waals surface area contributed by atoms with E-state index in [1.54, 1.807) is 15.8 Å². The second-order valence-corrected chi connectivity index (χ2v) is 3.76. The van der Waals surface area contributed by atoms with E-state index in [0.717, 1.165) is 31.9 Å². The Hall–Kier alpha value is -1.59. The van der Waals surface area contributed by atoms with Crippen molar-refractivity contribution in [1.82, 2.24) is 19.9 Å². The van der Waals surface area contributed by atoms with Crippen LogP contribution in [0.5, 0.6) is 0 Å². The first-order valence-corrected chi connectivity index (χ1v) is 6.13. The van der Waals surface area contributed by atoms with Crippen LogP contribution in [0.2, 0.25) is 0 Å². The number of anilines is 1. The van der Waals surface area contributed by atoms with E-state index in [1.165, 1.54) is 0 Å². The Bertz CT molecular complexity index is 345. The molecule has 1 N–H and O–H groups in total. The zero-order valence-electron chi connectivity index (χ0n) is 10.8. The minimum Gasteiger partial charge on any atom is -0.360 e. The smallest absolute Gasteiger partial charge is 0.241 e. The molecule has 1 aromatic heterocycles. The van der Waals surface area contributed by atoms with Gasteiger partial charge < -0.3 is 10.2 Å². The number of hydrogen-bond donors (Lipinski definition) is 1. The molecule has 0 unspecified atom stereocenters. The minimum atomic E-state index is 0.0965. The highest BCUT2D eigenvalue weighted by Crippen LogP contribution is 2.04. The van der Waals surface area contributed by atoms with Crippen molar-refractivity contribution >= 4 is 11.7 Å². The van der Waals surface area contributed by atoms with Gasteiger partial charge in [-0.25, -0.2) is 4.68 Å². The Balaban J connectivity index is 2.49. The number of aryl methyl sites for hydroxylation is 1. The second kappa shape index (κ2) is 6.88. The Morgan fingerprint density at radius 2 is 2.12 bits per heavy atom. The highest BCUT2D eigenvalue weighted by Gasteiger charge is 2.10. The van der Waals surface area contributed by atoms with Gasteiger partial charge >= 0.3 is 0 Å². The van der Waals surface area contributed by atoms with Gasteiger partial charge in [0.2, 0.25) is 5.91 Å². The molecule has 1 heterocycles. The number of carbonyl (C=O) groups excluding carboxylic acids is 1. The van der Waals surface area contributed by atoms with E-state index in [2.05, 4.69) is 22.6 Å². The zero-order valence-corrected chi connectivity index (χ0v) is 10.8. The third-order valence-electron chi connectivity index (χ3n) is 2.59. The van der Waals surface area contributed by atoms with Gasteiger partial charge in [0, 0.05) is 19.6 Å². The van der Waals surface area contributed by atoms with Gasteiger partial charge in [0.15, 0.2) is 0 Å². The summed E-state index contributed by atoms with van der Waals surface area (Å²) >= 11 is 0. The molecule has 0 aliphatic carbocycles. The van der Waals surface area contributed by atoms with Gasteiger partial charge in [-0.1, -0.05) is 12.1 Å². The molecule has 6 nitrogen and oxygen atoms in total. The van der Waals surface area contributed by atoms with Crippen LogP contribution in [0.15, 0.2) is 6.20 Å². The molecule has 6 heteroatoms. The van der Waals surface area contributed by atoms with Crippen LogP contribution in [0.3, 0.4) is 0 Å². The first kappa shape index (κ1) is 13.5. The molecule has 0 aromatic carbocycles. The van der Waals surface area contributed by atoms with E-state index >= 15 is 0 Å². The summed E-state index contributed by atoms with van der Waals surface area (Å²) < 4.78 is 1.77. The van der Waals surface area contributed by atoms with Gasteiger partial charge in [-0.3, -0.25) is 4.79 Å². The molecule has 0 aliphatic heterocycles. The normalized spacial score (nSPS) is 10.3. The zero-order chi connectivity index (χ0) is 12.7. The molecule has 0 saturated heterocycles. The lowest BCUT2D eigenvalue weighted by atomic mass is 10.4. The summed E-state index contributed by atoms with van der Waals surface area (Å²) in [4.78, 5) is 13.6. The highest BCUT2D eigenvalue weighted by atomic mass is 16.2. The molecule has 0 spiro atoms. The standard InChI is InChI=1S/C11H21N5O/c1-4-7-16-10(8-13-14-16)12-9-11(17)15(5-2)6-3/h8,12H,4-7,9H2,1-3H3. The van der Waals surface area contributed by atoms with Crippen molar-refractivity contribution in [1.29, 1.82) is 0 Å². The van der Waals surface area contributed by atoms with Gasteiger partial charge in [0.1, 0.15) is 5.82 Å². The Labute approximate surface area is 102 Å². The van der Waals surface area contributed by atoms with Gasteiger partial charge in [-0.15, -0.1) is 5.10 Å². The van der Waals surface area contributed by atoms with Crippen LogP contribution in [0.25, 0.3) is 0 Å². The largest absolute Gasteiger partial charge is 0.360 e. The number of rotatable bonds is 7. The number of nitrogens with zero attached hydrogens (tertiary/aromatic N) is 4. The van der Waals surface area contributed by atoms with Crippen LogP contribution >= 0.6 is 0 Å². The SMILES string of the molecule is CCCn1nncc1NCC(=O)N(CC)CC. The lowest BCUT2D eigenvalue weighted by Gasteiger charge is -2.19. The molecule has 96 valence electrons. The van der Waals surface area contributed by atoms with E-state index in [-0.39, 0.29) is 5.91 Å². The fourth-order valence-corrected chi connectivity index (χ4v) is 1.63. The first-order chi connectivity index (χ1) is 8.22. The van der Waals surface area contributed by atoms with Crippen molar-refractivity contribution in [3.8, 4) is 0 Å². The maximum absolute atomic E-state index is 11.8. The Morgan fingerprint density at radius 1 is 1.41 bits per heavy atom. The fourth-order valence-electron chi connectivity index (χ4n) is 1.63. The molecular formula is C11H21N5O. The van der Waals surface area contributed by atoms with Crippen LogP contribution in [0.4, 0.5) is 5.82 Å². The maximum Gasteiger partial charge on any atom is 0.241 e. The number of aromatic nitrogens is 3. The van der Waals surface area contributed by atoms with E-state index in [9.17, 15) is 4.79 Å². The van der Waals surface area contributed by atoms with Crippen LogP contribution in [-0.2, 0) is 11.3 Å². The quantitative estimate of drug-likeness (QED) is 0.770. The monoisotopic (exact) mass is 239 g/mol. The van der Waals surface area contributed by atoms with Crippen LogP contribution in [-0.4, -0.2) is 45.4 Å². The fraction of sp³-hybridized carbons (Fsp3) is 0.727. The van der Waals surface area contributed by atoms with Crippen molar-refractivity contribution in [3.05, 3.63) is 6.20 Å². The molecule has 0 saturated carbocycles. The van der Waals surface area contributed by atoms with Gasteiger partial charge in [-0.05, 0) is 20.3 Å². The van der Waals surface area contributed by atoms with E-state index < -0.39 is 0 Å². The predicted octanol–water partition coefficient (Wildman–Crippen LogP) is 0.968. The summed E-state index contributed by atoms with van der Waals surface area (Å²) in [6, 6.07) is 0. The number of likely N-dealkylation sites (N-methyl/N-ethyl adjacent to an activating group) is 1. The Kier molecular flexibility index (Phi) is 5.45. The third kappa shape index (κ3) is 3.72. The Morgan fingerprint density at radius 3 is 2.71 bits per heavy atom. The van der Waals surface area contributed by atoms with Crippen molar-refractivity contribution in [2.24, 2.45) is 0 Å². The lowest BCUT2D eigenvalue weighted by Crippen LogP contribution is -2.35. The summed E-state index contributed by atoms with van der Waals surface area (Å²) in [5, 5.41) is 10.9. The molecule has 0 bridgehead atoms. The number of hydrogen-bond acceptors (Lipinski definition) is 4. The van der Waals surface area contributed by atoms with Crippen molar-refractivity contribution in [2.75, 3.05) is 25.0 Å². The number of carbonyl (C=O) groups is 1. The first-order valence-electron chi connectivity index (χ1n) is 6.13. The summed E-state index contributed by atoms with van der Waals surface area (Å²) in [7, 11) is 0. The average molecular weight is 239 g/mol.